The van der Waals surface area contributed by atoms with E-state index in [1.807, 2.05) is 0 Å². The van der Waals surface area contributed by atoms with Crippen molar-refractivity contribution in [3.8, 4) is 0 Å². The van der Waals surface area contributed by atoms with Crippen LogP contribution in [0.1, 0.15) is 33.3 Å². The monoisotopic (exact) mass is 209 g/mol. The smallest absolute Gasteiger partial charge is 0.289 e. The minimum Gasteiger partial charge on any atom is -0.289 e. The minimum absolute atomic E-state index is 0. The van der Waals surface area contributed by atoms with Crippen LogP contribution in [0.2, 0.25) is 0 Å². The van der Waals surface area contributed by atoms with Crippen molar-refractivity contribution in [2.24, 2.45) is 0 Å². The molecule has 1 aliphatic rings. The SMILES string of the molecule is O=C1c2ccccc2C(=O)c2ccccc21.[H+]. The van der Waals surface area contributed by atoms with E-state index in [-0.39, 0.29) is 13.0 Å². The Balaban J connectivity index is 0.00000108. The molecule has 0 amide bonds. The summed E-state index contributed by atoms with van der Waals surface area (Å²) in [6.07, 6.45) is 0. The largest absolute Gasteiger partial charge is 1.00 e. The Bertz CT molecular complexity index is 512. The standard InChI is InChI=1S/C14H8O2/c15-13-9-5-1-2-6-10(9)14(16)12-8-4-3-7-11(12)13/h1-8H/p+1. The van der Waals surface area contributed by atoms with Gasteiger partial charge in [0.15, 0.2) is 11.6 Å². The Hall–Kier alpha value is -2.22. The van der Waals surface area contributed by atoms with Crippen LogP contribution < -0.4 is 0 Å². The van der Waals surface area contributed by atoms with Gasteiger partial charge in [0.25, 0.3) is 0 Å². The summed E-state index contributed by atoms with van der Waals surface area (Å²) in [6, 6.07) is 13.9. The first-order chi connectivity index (χ1) is 7.79. The molecule has 2 heteroatoms. The predicted octanol–water partition coefficient (Wildman–Crippen LogP) is 2.57. The summed E-state index contributed by atoms with van der Waals surface area (Å²) in [5.74, 6) is -0.128. The number of ketones is 2. The van der Waals surface area contributed by atoms with E-state index in [1.54, 1.807) is 48.5 Å². The molecule has 0 fully saturated rings. The summed E-state index contributed by atoms with van der Waals surface area (Å²) in [5, 5.41) is 0. The summed E-state index contributed by atoms with van der Waals surface area (Å²) < 4.78 is 0. The van der Waals surface area contributed by atoms with E-state index in [0.29, 0.717) is 22.3 Å². The number of hydrogen-bond acceptors (Lipinski definition) is 2. The molecule has 2 nitrogen and oxygen atoms in total. The van der Waals surface area contributed by atoms with Crippen LogP contribution in [-0.4, -0.2) is 11.6 Å². The van der Waals surface area contributed by atoms with Crippen molar-refractivity contribution in [2.45, 2.75) is 0 Å². The molecule has 0 N–H and O–H groups in total. The van der Waals surface area contributed by atoms with Crippen molar-refractivity contribution >= 4 is 11.6 Å². The second kappa shape index (κ2) is 3.14. The highest BCUT2D eigenvalue weighted by molar-refractivity contribution is 6.28. The second-order valence-electron chi connectivity index (χ2n) is 3.75. The van der Waals surface area contributed by atoms with Crippen LogP contribution in [0.4, 0.5) is 0 Å². The summed E-state index contributed by atoms with van der Waals surface area (Å²) in [7, 11) is 0. The van der Waals surface area contributed by atoms with E-state index in [9.17, 15) is 9.59 Å². The lowest BCUT2D eigenvalue weighted by atomic mass is 9.84. The number of carbonyl (C=O) groups excluding carboxylic acids is 2. The Kier molecular flexibility index (Phi) is 1.77. The van der Waals surface area contributed by atoms with Crippen LogP contribution in [0.15, 0.2) is 48.5 Å². The van der Waals surface area contributed by atoms with E-state index in [2.05, 4.69) is 0 Å². The predicted molar refractivity (Wildman–Crippen MR) is 60.9 cm³/mol. The molecule has 0 saturated heterocycles. The molecular weight excluding hydrogens is 200 g/mol. The molecule has 0 radical (unpaired) electrons. The molecular formula is C14H9O2+. The molecule has 0 atom stereocenters. The van der Waals surface area contributed by atoms with E-state index in [4.69, 9.17) is 0 Å². The van der Waals surface area contributed by atoms with Crippen molar-refractivity contribution in [3.05, 3.63) is 70.8 Å². The third kappa shape index (κ3) is 1.07. The molecule has 0 spiro atoms. The second-order valence-corrected chi connectivity index (χ2v) is 3.75. The van der Waals surface area contributed by atoms with E-state index < -0.39 is 0 Å². The summed E-state index contributed by atoms with van der Waals surface area (Å²) in [6.45, 7) is 0. The average molecular weight is 209 g/mol. The van der Waals surface area contributed by atoms with Crippen molar-refractivity contribution in [1.82, 2.24) is 0 Å². The van der Waals surface area contributed by atoms with E-state index in [1.165, 1.54) is 0 Å². The summed E-state index contributed by atoms with van der Waals surface area (Å²) in [4.78, 5) is 24.2. The highest BCUT2D eigenvalue weighted by Crippen LogP contribution is 2.26. The fourth-order valence-electron chi connectivity index (χ4n) is 2.05. The van der Waals surface area contributed by atoms with Crippen LogP contribution >= 0.6 is 0 Å². The molecule has 0 unspecified atom stereocenters. The minimum atomic E-state index is -0.0641. The molecule has 1 aliphatic carbocycles. The van der Waals surface area contributed by atoms with Crippen molar-refractivity contribution in [2.75, 3.05) is 0 Å². The first kappa shape index (κ1) is 9.04. The number of fused-ring (bicyclic) bond motifs is 2. The van der Waals surface area contributed by atoms with Gasteiger partial charge in [-0.25, -0.2) is 0 Å². The molecule has 2 aromatic carbocycles. The van der Waals surface area contributed by atoms with Gasteiger partial charge in [-0.2, -0.15) is 0 Å². The lowest BCUT2D eigenvalue weighted by Gasteiger charge is -2.16. The number of hydrogen-bond donors (Lipinski definition) is 0. The lowest BCUT2D eigenvalue weighted by Crippen LogP contribution is -2.20. The van der Waals surface area contributed by atoms with Gasteiger partial charge in [-0.3, -0.25) is 9.59 Å². The number of rotatable bonds is 0. The summed E-state index contributed by atoms with van der Waals surface area (Å²) >= 11 is 0. The molecule has 0 aliphatic heterocycles. The number of benzene rings is 2. The van der Waals surface area contributed by atoms with Crippen LogP contribution in [0.3, 0.4) is 0 Å². The topological polar surface area (TPSA) is 34.1 Å². The van der Waals surface area contributed by atoms with E-state index >= 15 is 0 Å². The molecule has 76 valence electrons. The maximum absolute atomic E-state index is 12.1. The van der Waals surface area contributed by atoms with Crippen LogP contribution in [0.25, 0.3) is 0 Å². The van der Waals surface area contributed by atoms with Gasteiger partial charge >= 0.3 is 1.43 Å². The zero-order valence-electron chi connectivity index (χ0n) is 9.44. The highest BCUT2D eigenvalue weighted by atomic mass is 16.1. The van der Waals surface area contributed by atoms with Gasteiger partial charge in [0.05, 0.1) is 0 Å². The van der Waals surface area contributed by atoms with Crippen molar-refractivity contribution in [1.29, 1.82) is 0 Å². The van der Waals surface area contributed by atoms with Gasteiger partial charge in [-0.15, -0.1) is 0 Å². The van der Waals surface area contributed by atoms with Gasteiger partial charge in [0, 0.05) is 22.3 Å². The van der Waals surface area contributed by atoms with Crippen LogP contribution in [0, 0.1) is 0 Å². The highest BCUT2D eigenvalue weighted by Gasteiger charge is 2.28. The molecule has 16 heavy (non-hydrogen) atoms. The normalized spacial score (nSPS) is 13.2. The Morgan fingerprint density at radius 1 is 0.562 bits per heavy atom. The zero-order chi connectivity index (χ0) is 11.1. The third-order valence-corrected chi connectivity index (χ3v) is 2.83. The maximum Gasteiger partial charge on any atom is 1.00 e. The Morgan fingerprint density at radius 2 is 0.812 bits per heavy atom. The van der Waals surface area contributed by atoms with Gasteiger partial charge in [0.1, 0.15) is 0 Å². The van der Waals surface area contributed by atoms with Crippen molar-refractivity contribution in [3.63, 3.8) is 0 Å². The third-order valence-electron chi connectivity index (χ3n) is 2.83. The molecule has 0 bridgehead atoms. The maximum atomic E-state index is 12.1. The van der Waals surface area contributed by atoms with Gasteiger partial charge in [0.2, 0.25) is 0 Å². The fraction of sp³-hybridized carbons (Fsp3) is 0. The Labute approximate surface area is 94.0 Å². The zero-order valence-corrected chi connectivity index (χ0v) is 8.44. The first-order valence-corrected chi connectivity index (χ1v) is 5.06. The van der Waals surface area contributed by atoms with Crippen LogP contribution in [-0.2, 0) is 0 Å². The number of carbonyl (C=O) groups is 2. The lowest BCUT2D eigenvalue weighted by molar-refractivity contribution is 0.0979. The summed E-state index contributed by atoms with van der Waals surface area (Å²) in [5.41, 5.74) is 2.02. The molecule has 0 aromatic heterocycles. The Morgan fingerprint density at radius 3 is 1.06 bits per heavy atom. The molecule has 2 aromatic rings. The van der Waals surface area contributed by atoms with Crippen LogP contribution in [0.5, 0.6) is 0 Å². The quantitative estimate of drug-likeness (QED) is 0.570. The molecule has 0 heterocycles. The fourth-order valence-corrected chi connectivity index (χ4v) is 2.05. The molecule has 3 rings (SSSR count). The van der Waals surface area contributed by atoms with Crippen molar-refractivity contribution < 1.29 is 11.0 Å². The van der Waals surface area contributed by atoms with Gasteiger partial charge in [-0.05, 0) is 0 Å². The van der Waals surface area contributed by atoms with Gasteiger partial charge in [-0.1, -0.05) is 48.5 Å². The van der Waals surface area contributed by atoms with Gasteiger partial charge < -0.3 is 0 Å². The van der Waals surface area contributed by atoms with E-state index in [0.717, 1.165) is 0 Å². The molecule has 0 saturated carbocycles. The average Bonchev–Trinajstić information content (AvgIpc) is 2.36. The first-order valence-electron chi connectivity index (χ1n) is 5.06.